The zero-order valence-electron chi connectivity index (χ0n) is 8.22. The van der Waals surface area contributed by atoms with Crippen LogP contribution in [0.15, 0.2) is 18.3 Å². The summed E-state index contributed by atoms with van der Waals surface area (Å²) in [5, 5.41) is 0. The molecule has 1 aromatic heterocycles. The molecule has 0 amide bonds. The molecular weight excluding hydrogens is 238 g/mol. The molecule has 0 bridgehead atoms. The van der Waals surface area contributed by atoms with E-state index in [-0.39, 0.29) is 5.95 Å². The van der Waals surface area contributed by atoms with Crippen LogP contribution in [0.5, 0.6) is 0 Å². The fourth-order valence-corrected chi connectivity index (χ4v) is 1.28. The summed E-state index contributed by atoms with van der Waals surface area (Å²) in [5.74, 6) is -5.87. The molecule has 17 heavy (non-hydrogen) atoms. The number of nitrogen functional groups attached to an aromatic ring is 1. The average molecular weight is 243 g/mol. The zero-order valence-corrected chi connectivity index (χ0v) is 8.22. The van der Waals surface area contributed by atoms with Gasteiger partial charge >= 0.3 is 0 Å². The van der Waals surface area contributed by atoms with Crippen LogP contribution in [-0.4, -0.2) is 9.97 Å². The first kappa shape index (κ1) is 11.3. The summed E-state index contributed by atoms with van der Waals surface area (Å²) in [6, 6.07) is 1.55. The first-order valence-electron chi connectivity index (χ1n) is 4.42. The van der Waals surface area contributed by atoms with Crippen molar-refractivity contribution in [3.05, 3.63) is 41.6 Å². The molecule has 0 aliphatic heterocycles. The Bertz CT molecular complexity index is 586. The fraction of sp³-hybridized carbons (Fsp3) is 0. The summed E-state index contributed by atoms with van der Waals surface area (Å²) in [4.78, 5) is 6.77. The molecule has 2 aromatic rings. The Morgan fingerprint density at radius 2 is 1.65 bits per heavy atom. The molecule has 0 aliphatic rings. The minimum Gasteiger partial charge on any atom is -0.368 e. The van der Waals surface area contributed by atoms with Crippen molar-refractivity contribution in [3.63, 3.8) is 0 Å². The van der Waals surface area contributed by atoms with Gasteiger partial charge in [-0.3, -0.25) is 0 Å². The van der Waals surface area contributed by atoms with E-state index in [1.807, 2.05) is 0 Å². The lowest BCUT2D eigenvalue weighted by Crippen LogP contribution is -2.02. The smallest absolute Gasteiger partial charge is 0.220 e. The van der Waals surface area contributed by atoms with Gasteiger partial charge in [0, 0.05) is 5.56 Å². The monoisotopic (exact) mass is 243 g/mol. The lowest BCUT2D eigenvalue weighted by molar-refractivity contribution is 0.448. The van der Waals surface area contributed by atoms with E-state index >= 15 is 0 Å². The van der Waals surface area contributed by atoms with Crippen molar-refractivity contribution in [1.82, 2.24) is 9.97 Å². The fourth-order valence-electron chi connectivity index (χ4n) is 1.28. The van der Waals surface area contributed by atoms with Crippen LogP contribution in [0.1, 0.15) is 0 Å². The summed E-state index contributed by atoms with van der Waals surface area (Å²) in [6.07, 6.45) is 0.721. The molecule has 0 spiro atoms. The van der Waals surface area contributed by atoms with Crippen LogP contribution in [-0.2, 0) is 0 Å². The highest BCUT2D eigenvalue weighted by Crippen LogP contribution is 2.26. The number of nitrogens with zero attached hydrogens (tertiary/aromatic N) is 2. The zero-order chi connectivity index (χ0) is 12.6. The van der Waals surface area contributed by atoms with E-state index in [2.05, 4.69) is 9.97 Å². The normalized spacial score (nSPS) is 10.6. The number of nitrogens with two attached hydrogens (primary N) is 1. The molecule has 88 valence electrons. The van der Waals surface area contributed by atoms with Crippen molar-refractivity contribution in [2.45, 2.75) is 0 Å². The molecule has 1 aromatic carbocycles. The van der Waals surface area contributed by atoms with E-state index in [4.69, 9.17) is 5.73 Å². The molecule has 0 unspecified atom stereocenters. The predicted octanol–water partition coefficient (Wildman–Crippen LogP) is 2.28. The second-order valence-electron chi connectivity index (χ2n) is 3.15. The molecule has 0 radical (unpaired) electrons. The van der Waals surface area contributed by atoms with Crippen LogP contribution in [0, 0.1) is 23.3 Å². The lowest BCUT2D eigenvalue weighted by atomic mass is 10.1. The van der Waals surface area contributed by atoms with Crippen molar-refractivity contribution in [3.8, 4) is 11.3 Å². The van der Waals surface area contributed by atoms with Crippen LogP contribution >= 0.6 is 0 Å². The largest absolute Gasteiger partial charge is 0.368 e. The molecule has 3 nitrogen and oxygen atoms in total. The van der Waals surface area contributed by atoms with Crippen LogP contribution in [0.4, 0.5) is 23.5 Å². The Balaban J connectivity index is 2.69. The van der Waals surface area contributed by atoms with E-state index < -0.39 is 34.5 Å². The minimum atomic E-state index is -1.70. The van der Waals surface area contributed by atoms with Crippen molar-refractivity contribution in [1.29, 1.82) is 0 Å². The van der Waals surface area contributed by atoms with E-state index in [1.165, 1.54) is 0 Å². The number of hydrogen-bond acceptors (Lipinski definition) is 3. The van der Waals surface area contributed by atoms with Gasteiger partial charge in [0.05, 0.1) is 6.20 Å². The summed E-state index contributed by atoms with van der Waals surface area (Å²) in [5.41, 5.74) is 4.17. The SMILES string of the molecule is Nc1ncc(F)c(-c2ccc(F)c(F)c2F)n1. The Morgan fingerprint density at radius 1 is 0.941 bits per heavy atom. The second kappa shape index (κ2) is 4.00. The van der Waals surface area contributed by atoms with Gasteiger partial charge in [0.2, 0.25) is 5.95 Å². The number of halogens is 4. The van der Waals surface area contributed by atoms with Crippen molar-refractivity contribution >= 4 is 5.95 Å². The van der Waals surface area contributed by atoms with Gasteiger partial charge in [-0.05, 0) is 12.1 Å². The van der Waals surface area contributed by atoms with Crippen molar-refractivity contribution in [2.75, 3.05) is 5.73 Å². The predicted molar refractivity (Wildman–Crippen MR) is 51.7 cm³/mol. The highest BCUT2D eigenvalue weighted by Gasteiger charge is 2.18. The van der Waals surface area contributed by atoms with Gasteiger partial charge in [0.15, 0.2) is 23.3 Å². The first-order valence-corrected chi connectivity index (χ1v) is 4.42. The molecular formula is C10H5F4N3. The average Bonchev–Trinajstić information content (AvgIpc) is 2.30. The van der Waals surface area contributed by atoms with Gasteiger partial charge in [-0.1, -0.05) is 0 Å². The maximum Gasteiger partial charge on any atom is 0.220 e. The third-order valence-corrected chi connectivity index (χ3v) is 2.05. The molecule has 0 fully saturated rings. The maximum atomic E-state index is 13.4. The molecule has 0 aliphatic carbocycles. The first-order chi connectivity index (χ1) is 8.00. The van der Waals surface area contributed by atoms with Crippen molar-refractivity contribution < 1.29 is 17.6 Å². The van der Waals surface area contributed by atoms with Crippen LogP contribution in [0.25, 0.3) is 11.3 Å². The highest BCUT2D eigenvalue weighted by atomic mass is 19.2. The third kappa shape index (κ3) is 1.91. The summed E-state index contributed by atoms with van der Waals surface area (Å²) in [6.45, 7) is 0. The van der Waals surface area contributed by atoms with Crippen molar-refractivity contribution in [2.24, 2.45) is 0 Å². The number of anilines is 1. The van der Waals surface area contributed by atoms with Gasteiger partial charge in [0.25, 0.3) is 0 Å². The van der Waals surface area contributed by atoms with E-state index in [0.29, 0.717) is 6.07 Å². The summed E-state index contributed by atoms with van der Waals surface area (Å²) >= 11 is 0. The maximum absolute atomic E-state index is 13.4. The Morgan fingerprint density at radius 3 is 2.35 bits per heavy atom. The highest BCUT2D eigenvalue weighted by molar-refractivity contribution is 5.61. The summed E-state index contributed by atoms with van der Waals surface area (Å²) in [7, 11) is 0. The Hall–Kier alpha value is -2.18. The van der Waals surface area contributed by atoms with Crippen LogP contribution in [0.3, 0.4) is 0 Å². The lowest BCUT2D eigenvalue weighted by Gasteiger charge is -2.05. The van der Waals surface area contributed by atoms with E-state index in [9.17, 15) is 17.6 Å². The van der Waals surface area contributed by atoms with Gasteiger partial charge < -0.3 is 5.73 Å². The van der Waals surface area contributed by atoms with Crippen LogP contribution < -0.4 is 5.73 Å². The van der Waals surface area contributed by atoms with Gasteiger partial charge in [-0.15, -0.1) is 0 Å². The molecule has 2 N–H and O–H groups in total. The second-order valence-corrected chi connectivity index (χ2v) is 3.15. The Labute approximate surface area is 92.9 Å². The number of rotatable bonds is 1. The molecule has 0 saturated carbocycles. The Kier molecular flexibility index (Phi) is 2.66. The number of aromatic nitrogens is 2. The standard InChI is InChI=1S/C10H5F4N3/c11-5-2-1-4(7(13)8(5)14)9-6(12)3-16-10(15)17-9/h1-3H,(H2,15,16,17). The minimum absolute atomic E-state index is 0.300. The van der Waals surface area contributed by atoms with E-state index in [0.717, 1.165) is 12.3 Å². The molecule has 0 saturated heterocycles. The molecule has 7 heteroatoms. The van der Waals surface area contributed by atoms with Gasteiger partial charge in [-0.2, -0.15) is 0 Å². The molecule has 1 heterocycles. The number of hydrogen-bond donors (Lipinski definition) is 1. The quantitative estimate of drug-likeness (QED) is 0.617. The third-order valence-electron chi connectivity index (χ3n) is 2.05. The molecule has 2 rings (SSSR count). The van der Waals surface area contributed by atoms with Crippen LogP contribution in [0.2, 0.25) is 0 Å². The summed E-state index contributed by atoms with van der Waals surface area (Å²) < 4.78 is 52.3. The molecule has 0 atom stereocenters. The number of benzene rings is 1. The van der Waals surface area contributed by atoms with Gasteiger partial charge in [-0.25, -0.2) is 27.5 Å². The van der Waals surface area contributed by atoms with Gasteiger partial charge in [0.1, 0.15) is 5.69 Å². The topological polar surface area (TPSA) is 51.8 Å². The van der Waals surface area contributed by atoms with E-state index in [1.54, 1.807) is 0 Å².